The smallest absolute Gasteiger partial charge is 0.322 e. The first kappa shape index (κ1) is 20.9. The highest BCUT2D eigenvalue weighted by Gasteiger charge is 2.37. The van der Waals surface area contributed by atoms with E-state index >= 15 is 0 Å². The van der Waals surface area contributed by atoms with Crippen LogP contribution in [0, 0.1) is 0 Å². The Hall–Kier alpha value is -2.33. The highest BCUT2D eigenvalue weighted by molar-refractivity contribution is 5.94. The number of fused-ring (bicyclic) bond motifs is 1. The number of urea groups is 1. The van der Waals surface area contributed by atoms with Crippen molar-refractivity contribution in [3.63, 3.8) is 0 Å². The van der Waals surface area contributed by atoms with Gasteiger partial charge in [-0.15, -0.1) is 0 Å². The Morgan fingerprint density at radius 1 is 1.10 bits per heavy atom. The zero-order chi connectivity index (χ0) is 21.1. The molecule has 0 radical (unpaired) electrons. The van der Waals surface area contributed by atoms with Crippen molar-refractivity contribution in [2.24, 2.45) is 0 Å². The number of nitrogens with one attached hydrogen (secondary N) is 1. The van der Waals surface area contributed by atoms with Gasteiger partial charge in [-0.25, -0.2) is 4.79 Å². The lowest BCUT2D eigenvalue weighted by molar-refractivity contribution is 0.237. The topological polar surface area (TPSA) is 35.6 Å². The Labute approximate surface area is 181 Å². The maximum Gasteiger partial charge on any atom is 0.322 e. The van der Waals surface area contributed by atoms with Crippen molar-refractivity contribution in [1.82, 2.24) is 10.2 Å². The van der Waals surface area contributed by atoms with Crippen LogP contribution in [0.25, 0.3) is 0 Å². The number of piperidine rings is 1. The number of rotatable bonds is 4. The third-order valence-electron chi connectivity index (χ3n) is 6.88. The summed E-state index contributed by atoms with van der Waals surface area (Å²) in [7, 11) is 2.21. The fraction of sp³-hybridized carbons (Fsp3) is 0.500. The van der Waals surface area contributed by atoms with E-state index in [1.54, 1.807) is 0 Å². The summed E-state index contributed by atoms with van der Waals surface area (Å²) in [5, 5.41) is 3.16. The van der Waals surface area contributed by atoms with Gasteiger partial charge in [-0.05, 0) is 94.8 Å². The van der Waals surface area contributed by atoms with Gasteiger partial charge in [0.2, 0.25) is 0 Å². The molecule has 0 bridgehead atoms. The highest BCUT2D eigenvalue weighted by atomic mass is 16.2. The molecule has 160 valence electrons. The summed E-state index contributed by atoms with van der Waals surface area (Å²) in [6.45, 7) is 7.35. The molecule has 1 saturated heterocycles. The molecule has 0 aliphatic carbocycles. The highest BCUT2D eigenvalue weighted by Crippen LogP contribution is 2.39. The van der Waals surface area contributed by atoms with Crippen molar-refractivity contribution >= 4 is 11.7 Å². The van der Waals surface area contributed by atoms with Crippen LogP contribution in [0.2, 0.25) is 0 Å². The van der Waals surface area contributed by atoms with Crippen molar-refractivity contribution in [1.29, 1.82) is 0 Å². The lowest BCUT2D eigenvalue weighted by Gasteiger charge is -2.43. The fourth-order valence-electron chi connectivity index (χ4n) is 4.92. The van der Waals surface area contributed by atoms with Crippen LogP contribution < -0.4 is 10.2 Å². The number of hydrogen-bond acceptors (Lipinski definition) is 2. The van der Waals surface area contributed by atoms with E-state index in [0.717, 1.165) is 24.9 Å². The molecule has 1 fully saturated rings. The molecular formula is C26H35N3O. The lowest BCUT2D eigenvalue weighted by atomic mass is 9.83. The second-order valence-electron chi connectivity index (χ2n) is 9.58. The van der Waals surface area contributed by atoms with Gasteiger partial charge < -0.3 is 10.2 Å². The average Bonchev–Trinajstić information content (AvgIpc) is 2.74. The zero-order valence-electron chi connectivity index (χ0n) is 18.7. The molecule has 2 amide bonds. The SMILES string of the molecule is CN1CCC(c2ccc3c(c2)CCC(C)(C)N3C(=O)NCCc2ccccc2)CC1. The van der Waals surface area contributed by atoms with E-state index in [4.69, 9.17) is 0 Å². The summed E-state index contributed by atoms with van der Waals surface area (Å²) in [4.78, 5) is 17.6. The minimum atomic E-state index is -0.182. The minimum Gasteiger partial charge on any atom is -0.337 e. The summed E-state index contributed by atoms with van der Waals surface area (Å²) in [5.41, 5.74) is 4.92. The Morgan fingerprint density at radius 2 is 1.83 bits per heavy atom. The molecule has 4 heteroatoms. The van der Waals surface area contributed by atoms with Crippen LogP contribution >= 0.6 is 0 Å². The average molecular weight is 406 g/mol. The Balaban J connectivity index is 1.48. The predicted molar refractivity (Wildman–Crippen MR) is 124 cm³/mol. The number of benzene rings is 2. The number of carbonyl (C=O) groups excluding carboxylic acids is 1. The van der Waals surface area contributed by atoms with Crippen LogP contribution in [-0.2, 0) is 12.8 Å². The molecule has 4 rings (SSSR count). The summed E-state index contributed by atoms with van der Waals surface area (Å²) < 4.78 is 0. The number of carbonyl (C=O) groups is 1. The van der Waals surface area contributed by atoms with Gasteiger partial charge >= 0.3 is 6.03 Å². The van der Waals surface area contributed by atoms with Crippen LogP contribution in [0.3, 0.4) is 0 Å². The Bertz CT molecular complexity index is 869. The van der Waals surface area contributed by atoms with Crippen LogP contribution in [0.4, 0.5) is 10.5 Å². The summed E-state index contributed by atoms with van der Waals surface area (Å²) in [6.07, 6.45) is 5.33. The van der Waals surface area contributed by atoms with E-state index in [1.165, 1.54) is 42.6 Å². The maximum absolute atomic E-state index is 13.2. The first-order valence-electron chi connectivity index (χ1n) is 11.4. The van der Waals surface area contributed by atoms with Crippen LogP contribution in [-0.4, -0.2) is 43.2 Å². The third kappa shape index (κ3) is 4.54. The van der Waals surface area contributed by atoms with Gasteiger partial charge in [0.1, 0.15) is 0 Å². The quantitative estimate of drug-likeness (QED) is 0.779. The van der Waals surface area contributed by atoms with Gasteiger partial charge in [0.05, 0.1) is 0 Å². The zero-order valence-corrected chi connectivity index (χ0v) is 18.7. The van der Waals surface area contributed by atoms with E-state index in [2.05, 4.69) is 61.4 Å². The standard InChI is InChI=1S/C26H35N3O/c1-26(2)15-11-23-19-22(21-13-17-28(3)18-14-21)9-10-24(23)29(26)25(30)27-16-12-20-7-5-4-6-8-20/h4-10,19,21H,11-18H2,1-3H3,(H,27,30). The van der Waals surface area contributed by atoms with E-state index in [1.807, 2.05) is 23.1 Å². The molecule has 2 heterocycles. The van der Waals surface area contributed by atoms with Gasteiger partial charge in [-0.3, -0.25) is 4.90 Å². The van der Waals surface area contributed by atoms with Crippen molar-refractivity contribution in [2.45, 2.75) is 57.4 Å². The summed E-state index contributed by atoms with van der Waals surface area (Å²) in [6, 6.07) is 17.2. The van der Waals surface area contributed by atoms with Gasteiger partial charge in [-0.1, -0.05) is 42.5 Å². The molecule has 0 unspecified atom stereocenters. The van der Waals surface area contributed by atoms with Crippen molar-refractivity contribution in [3.05, 3.63) is 65.2 Å². The number of hydrogen-bond donors (Lipinski definition) is 1. The molecule has 2 aliphatic rings. The molecule has 0 saturated carbocycles. The van der Waals surface area contributed by atoms with Crippen LogP contribution in [0.15, 0.2) is 48.5 Å². The number of amides is 2. The van der Waals surface area contributed by atoms with Crippen LogP contribution in [0.5, 0.6) is 0 Å². The molecule has 1 N–H and O–H groups in total. The minimum absolute atomic E-state index is 0.0175. The third-order valence-corrected chi connectivity index (χ3v) is 6.88. The number of nitrogens with zero attached hydrogens (tertiary/aromatic N) is 2. The fourth-order valence-corrected chi connectivity index (χ4v) is 4.92. The first-order chi connectivity index (χ1) is 14.4. The predicted octanol–water partition coefficient (Wildman–Crippen LogP) is 4.98. The van der Waals surface area contributed by atoms with E-state index in [-0.39, 0.29) is 11.6 Å². The summed E-state index contributed by atoms with van der Waals surface area (Å²) in [5.74, 6) is 0.648. The van der Waals surface area contributed by atoms with Gasteiger partial charge in [-0.2, -0.15) is 0 Å². The second kappa shape index (κ2) is 8.81. The van der Waals surface area contributed by atoms with Crippen LogP contribution in [0.1, 0.15) is 55.7 Å². The number of likely N-dealkylation sites (tertiary alicyclic amines) is 1. The van der Waals surface area contributed by atoms with Gasteiger partial charge in [0, 0.05) is 17.8 Å². The van der Waals surface area contributed by atoms with Crippen molar-refractivity contribution in [3.8, 4) is 0 Å². The molecular weight excluding hydrogens is 370 g/mol. The van der Waals surface area contributed by atoms with Crippen molar-refractivity contribution < 1.29 is 4.79 Å². The first-order valence-corrected chi connectivity index (χ1v) is 11.4. The van der Waals surface area contributed by atoms with E-state index in [9.17, 15) is 4.79 Å². The molecule has 4 nitrogen and oxygen atoms in total. The molecule has 2 aliphatic heterocycles. The molecule has 0 aromatic heterocycles. The van der Waals surface area contributed by atoms with Gasteiger partial charge in [0.25, 0.3) is 0 Å². The number of anilines is 1. The second-order valence-corrected chi connectivity index (χ2v) is 9.58. The van der Waals surface area contributed by atoms with E-state index in [0.29, 0.717) is 12.5 Å². The molecule has 2 aromatic rings. The largest absolute Gasteiger partial charge is 0.337 e. The molecule has 30 heavy (non-hydrogen) atoms. The summed E-state index contributed by atoms with van der Waals surface area (Å²) >= 11 is 0. The monoisotopic (exact) mass is 405 g/mol. The molecule has 0 atom stereocenters. The van der Waals surface area contributed by atoms with Crippen molar-refractivity contribution in [2.75, 3.05) is 31.6 Å². The van der Waals surface area contributed by atoms with Gasteiger partial charge in [0.15, 0.2) is 0 Å². The lowest BCUT2D eigenvalue weighted by Crippen LogP contribution is -2.55. The maximum atomic E-state index is 13.2. The van der Waals surface area contributed by atoms with E-state index < -0.39 is 0 Å². The molecule has 0 spiro atoms. The Morgan fingerprint density at radius 3 is 2.57 bits per heavy atom. The molecule has 2 aromatic carbocycles. The normalized spacial score (nSPS) is 19.4. The Kier molecular flexibility index (Phi) is 6.14. The number of aryl methyl sites for hydroxylation is 1.